The van der Waals surface area contributed by atoms with Crippen LogP contribution in [0.5, 0.6) is 0 Å². The lowest BCUT2D eigenvalue weighted by Crippen LogP contribution is -2.07. The predicted molar refractivity (Wildman–Crippen MR) is 66.2 cm³/mol. The zero-order valence-corrected chi connectivity index (χ0v) is 10.2. The number of carboxylic acids is 1. The Kier molecular flexibility index (Phi) is 2.88. The summed E-state index contributed by atoms with van der Waals surface area (Å²) in [7, 11) is 0. The Morgan fingerprint density at radius 2 is 2.06 bits per heavy atom. The second-order valence-electron chi connectivity index (χ2n) is 4.54. The molecule has 0 bridgehead atoms. The molecule has 0 saturated carbocycles. The third kappa shape index (κ3) is 2.02. The van der Waals surface area contributed by atoms with Crippen molar-refractivity contribution in [2.45, 2.75) is 32.7 Å². The molecule has 1 N–H and O–H groups in total. The van der Waals surface area contributed by atoms with Gasteiger partial charge in [0.2, 0.25) is 0 Å². The SMILES string of the molecule is CC(C(=O)O)c1cccc2nn(C(C)C)cc12. The number of aliphatic carboxylic acids is 1. The van der Waals surface area contributed by atoms with Crippen molar-refractivity contribution in [1.29, 1.82) is 0 Å². The molecule has 0 radical (unpaired) electrons. The third-order valence-corrected chi connectivity index (χ3v) is 2.97. The molecule has 1 heterocycles. The lowest BCUT2D eigenvalue weighted by Gasteiger charge is -2.07. The normalized spacial score (nSPS) is 13.2. The predicted octanol–water partition coefficient (Wildman–Crippen LogP) is 2.81. The molecule has 0 aliphatic carbocycles. The second kappa shape index (κ2) is 4.20. The first kappa shape index (κ1) is 11.6. The quantitative estimate of drug-likeness (QED) is 0.885. The maximum absolute atomic E-state index is 11.1. The molecule has 1 aromatic carbocycles. The van der Waals surface area contributed by atoms with E-state index in [0.717, 1.165) is 16.5 Å². The summed E-state index contributed by atoms with van der Waals surface area (Å²) in [4.78, 5) is 11.1. The highest BCUT2D eigenvalue weighted by molar-refractivity contribution is 5.88. The standard InChI is InChI=1S/C13H16N2O2/c1-8(2)15-7-11-10(9(3)13(16)17)5-4-6-12(11)14-15/h4-9H,1-3H3,(H,16,17). The Bertz CT molecular complexity index is 558. The summed E-state index contributed by atoms with van der Waals surface area (Å²) in [5, 5.41) is 14.4. The van der Waals surface area contributed by atoms with Crippen molar-refractivity contribution in [2.24, 2.45) is 0 Å². The number of benzene rings is 1. The van der Waals surface area contributed by atoms with Crippen LogP contribution in [0.25, 0.3) is 10.9 Å². The second-order valence-corrected chi connectivity index (χ2v) is 4.54. The van der Waals surface area contributed by atoms with E-state index in [4.69, 9.17) is 5.11 Å². The van der Waals surface area contributed by atoms with Crippen LogP contribution in [-0.2, 0) is 4.79 Å². The summed E-state index contributed by atoms with van der Waals surface area (Å²) in [6.07, 6.45) is 1.93. The van der Waals surface area contributed by atoms with Crippen LogP contribution >= 0.6 is 0 Å². The van der Waals surface area contributed by atoms with Gasteiger partial charge in [-0.05, 0) is 32.4 Å². The summed E-state index contributed by atoms with van der Waals surface area (Å²) < 4.78 is 1.86. The van der Waals surface area contributed by atoms with Gasteiger partial charge in [0.25, 0.3) is 0 Å². The van der Waals surface area contributed by atoms with E-state index in [-0.39, 0.29) is 6.04 Å². The van der Waals surface area contributed by atoms with E-state index in [1.54, 1.807) is 6.92 Å². The molecule has 90 valence electrons. The van der Waals surface area contributed by atoms with Gasteiger partial charge in [-0.2, -0.15) is 5.10 Å². The van der Waals surface area contributed by atoms with Crippen molar-refractivity contribution in [1.82, 2.24) is 9.78 Å². The fraction of sp³-hybridized carbons (Fsp3) is 0.385. The zero-order valence-electron chi connectivity index (χ0n) is 10.2. The van der Waals surface area contributed by atoms with Crippen LogP contribution in [0.2, 0.25) is 0 Å². The maximum Gasteiger partial charge on any atom is 0.310 e. The van der Waals surface area contributed by atoms with Crippen molar-refractivity contribution in [2.75, 3.05) is 0 Å². The van der Waals surface area contributed by atoms with Crippen molar-refractivity contribution < 1.29 is 9.90 Å². The average Bonchev–Trinajstić information content (AvgIpc) is 2.71. The number of hydrogen-bond acceptors (Lipinski definition) is 2. The Hall–Kier alpha value is -1.84. The summed E-state index contributed by atoms with van der Waals surface area (Å²) in [6.45, 7) is 5.79. The van der Waals surface area contributed by atoms with Crippen LogP contribution in [0.4, 0.5) is 0 Å². The van der Waals surface area contributed by atoms with Gasteiger partial charge in [-0.3, -0.25) is 9.48 Å². The molecular weight excluding hydrogens is 216 g/mol. The molecule has 4 nitrogen and oxygen atoms in total. The van der Waals surface area contributed by atoms with Gasteiger partial charge < -0.3 is 5.11 Å². The third-order valence-electron chi connectivity index (χ3n) is 2.97. The minimum Gasteiger partial charge on any atom is -0.481 e. The van der Waals surface area contributed by atoms with E-state index in [2.05, 4.69) is 5.10 Å². The van der Waals surface area contributed by atoms with Gasteiger partial charge >= 0.3 is 5.97 Å². The number of carbonyl (C=O) groups is 1. The summed E-state index contributed by atoms with van der Waals surface area (Å²) in [5.74, 6) is -1.32. The highest BCUT2D eigenvalue weighted by Gasteiger charge is 2.17. The molecule has 0 aliphatic rings. The minimum atomic E-state index is -0.810. The summed E-state index contributed by atoms with van der Waals surface area (Å²) in [6, 6.07) is 5.89. The number of rotatable bonds is 3. The van der Waals surface area contributed by atoms with Gasteiger partial charge in [-0.25, -0.2) is 0 Å². The Labute approximate surface area is 99.9 Å². The van der Waals surface area contributed by atoms with E-state index in [9.17, 15) is 4.79 Å². The van der Waals surface area contributed by atoms with Crippen molar-refractivity contribution in [3.05, 3.63) is 30.0 Å². The van der Waals surface area contributed by atoms with Gasteiger partial charge in [0.05, 0.1) is 11.4 Å². The van der Waals surface area contributed by atoms with Crippen LogP contribution in [0, 0.1) is 0 Å². The molecule has 4 heteroatoms. The highest BCUT2D eigenvalue weighted by atomic mass is 16.4. The van der Waals surface area contributed by atoms with Crippen molar-refractivity contribution in [3.8, 4) is 0 Å². The van der Waals surface area contributed by atoms with E-state index >= 15 is 0 Å². The molecule has 2 rings (SSSR count). The first-order chi connectivity index (χ1) is 8.00. The monoisotopic (exact) mass is 232 g/mol. The van der Waals surface area contributed by atoms with Gasteiger partial charge in [0.15, 0.2) is 0 Å². The highest BCUT2D eigenvalue weighted by Crippen LogP contribution is 2.26. The first-order valence-corrected chi connectivity index (χ1v) is 5.71. The molecule has 2 aromatic rings. The summed E-state index contributed by atoms with van der Waals surface area (Å²) >= 11 is 0. The van der Waals surface area contributed by atoms with E-state index in [0.29, 0.717) is 0 Å². The molecule has 0 saturated heterocycles. The number of fused-ring (bicyclic) bond motifs is 1. The van der Waals surface area contributed by atoms with Crippen molar-refractivity contribution >= 4 is 16.9 Å². The van der Waals surface area contributed by atoms with Crippen molar-refractivity contribution in [3.63, 3.8) is 0 Å². The summed E-state index contributed by atoms with van der Waals surface area (Å²) in [5.41, 5.74) is 1.67. The molecule has 1 unspecified atom stereocenters. The molecule has 1 atom stereocenters. The van der Waals surface area contributed by atoms with Gasteiger partial charge in [0, 0.05) is 17.6 Å². The van der Waals surface area contributed by atoms with Crippen LogP contribution in [0.3, 0.4) is 0 Å². The van der Waals surface area contributed by atoms with Gasteiger partial charge in [-0.15, -0.1) is 0 Å². The largest absolute Gasteiger partial charge is 0.481 e. The Balaban J connectivity index is 2.60. The Morgan fingerprint density at radius 1 is 1.35 bits per heavy atom. The zero-order chi connectivity index (χ0) is 12.6. The molecule has 0 amide bonds. The molecular formula is C13H16N2O2. The van der Waals surface area contributed by atoms with Gasteiger partial charge in [0.1, 0.15) is 0 Å². The smallest absolute Gasteiger partial charge is 0.310 e. The van der Waals surface area contributed by atoms with Gasteiger partial charge in [-0.1, -0.05) is 12.1 Å². The van der Waals surface area contributed by atoms with Crippen LogP contribution in [0.1, 0.15) is 38.3 Å². The lowest BCUT2D eigenvalue weighted by atomic mass is 9.98. The number of hydrogen-bond donors (Lipinski definition) is 1. The van der Waals surface area contributed by atoms with Crippen LogP contribution < -0.4 is 0 Å². The van der Waals surface area contributed by atoms with Crippen LogP contribution in [0.15, 0.2) is 24.4 Å². The molecule has 17 heavy (non-hydrogen) atoms. The fourth-order valence-corrected chi connectivity index (χ4v) is 1.86. The number of aromatic nitrogens is 2. The first-order valence-electron chi connectivity index (χ1n) is 5.71. The molecule has 0 aliphatic heterocycles. The molecule has 0 fully saturated rings. The minimum absolute atomic E-state index is 0.274. The number of nitrogens with zero attached hydrogens (tertiary/aromatic N) is 2. The molecule has 0 spiro atoms. The van der Waals surface area contributed by atoms with E-state index < -0.39 is 11.9 Å². The lowest BCUT2D eigenvalue weighted by molar-refractivity contribution is -0.138. The van der Waals surface area contributed by atoms with E-state index in [1.165, 1.54) is 0 Å². The van der Waals surface area contributed by atoms with E-state index in [1.807, 2.05) is 42.9 Å². The Morgan fingerprint density at radius 3 is 2.65 bits per heavy atom. The molecule has 1 aromatic heterocycles. The fourth-order valence-electron chi connectivity index (χ4n) is 1.86. The van der Waals surface area contributed by atoms with Crippen LogP contribution in [-0.4, -0.2) is 20.9 Å². The number of carboxylic acid groups (broad SMARTS) is 1. The average molecular weight is 232 g/mol. The maximum atomic E-state index is 11.1. The topological polar surface area (TPSA) is 55.1 Å².